The average molecular weight is 350 g/mol. The van der Waals surface area contributed by atoms with E-state index in [1.165, 1.54) is 6.33 Å². The molecule has 3 aromatic rings. The van der Waals surface area contributed by atoms with E-state index in [0.29, 0.717) is 19.7 Å². The second-order valence-corrected chi connectivity index (χ2v) is 5.76. The number of hydrogen-bond donors (Lipinski definition) is 1. The summed E-state index contributed by atoms with van der Waals surface area (Å²) >= 11 is 0. The Kier molecular flexibility index (Phi) is 5.76. The van der Waals surface area contributed by atoms with E-state index in [1.807, 2.05) is 67.6 Å². The van der Waals surface area contributed by atoms with Crippen LogP contribution in [0, 0.1) is 0 Å². The maximum Gasteiger partial charge on any atom is 0.261 e. The maximum absolute atomic E-state index is 13.3. The highest BCUT2D eigenvalue weighted by atomic mass is 16.5. The molecule has 0 bridgehead atoms. The smallest absolute Gasteiger partial charge is 0.261 e. The van der Waals surface area contributed by atoms with Crippen molar-refractivity contribution < 1.29 is 9.53 Å². The number of carbonyl (C=O) groups is 1. The van der Waals surface area contributed by atoms with Crippen molar-refractivity contribution in [3.05, 3.63) is 84.4 Å². The van der Waals surface area contributed by atoms with E-state index in [-0.39, 0.29) is 5.91 Å². The quantitative estimate of drug-likeness (QED) is 0.677. The van der Waals surface area contributed by atoms with Gasteiger partial charge in [0.2, 0.25) is 0 Å². The fourth-order valence-corrected chi connectivity index (χ4v) is 2.98. The number of aromatic nitrogens is 3. The van der Waals surface area contributed by atoms with Gasteiger partial charge in [0.25, 0.3) is 5.91 Å². The molecule has 0 radical (unpaired) electrons. The number of nitrogens with zero attached hydrogens (tertiary/aromatic N) is 3. The van der Waals surface area contributed by atoms with Crippen LogP contribution < -0.4 is 5.32 Å². The van der Waals surface area contributed by atoms with Crippen LogP contribution in [0.15, 0.2) is 73.3 Å². The zero-order valence-corrected chi connectivity index (χ0v) is 14.7. The van der Waals surface area contributed by atoms with Gasteiger partial charge in [0.15, 0.2) is 5.60 Å². The molecule has 0 saturated heterocycles. The molecule has 3 rings (SSSR count). The Morgan fingerprint density at radius 1 is 1.08 bits per heavy atom. The van der Waals surface area contributed by atoms with Crippen molar-refractivity contribution in [2.75, 3.05) is 13.2 Å². The van der Waals surface area contributed by atoms with Crippen molar-refractivity contribution in [2.45, 2.75) is 19.1 Å². The summed E-state index contributed by atoms with van der Waals surface area (Å²) in [5, 5.41) is 7.04. The third-order valence-electron chi connectivity index (χ3n) is 4.13. The van der Waals surface area contributed by atoms with Gasteiger partial charge >= 0.3 is 0 Å². The zero-order valence-electron chi connectivity index (χ0n) is 14.7. The summed E-state index contributed by atoms with van der Waals surface area (Å²) in [6.07, 6.45) is 3.09. The van der Waals surface area contributed by atoms with Gasteiger partial charge in [0.1, 0.15) is 12.7 Å². The fraction of sp³-hybridized carbons (Fsp3) is 0.250. The lowest BCUT2D eigenvalue weighted by molar-refractivity contribution is -0.142. The summed E-state index contributed by atoms with van der Waals surface area (Å²) in [4.78, 5) is 17.2. The van der Waals surface area contributed by atoms with Crippen molar-refractivity contribution in [2.24, 2.45) is 0 Å². The molecule has 0 atom stereocenters. The molecule has 134 valence electrons. The molecule has 26 heavy (non-hydrogen) atoms. The van der Waals surface area contributed by atoms with Gasteiger partial charge in [-0.1, -0.05) is 60.7 Å². The Hall–Kier alpha value is -2.99. The summed E-state index contributed by atoms with van der Waals surface area (Å²) in [6, 6.07) is 19.2. The maximum atomic E-state index is 13.3. The fourth-order valence-electron chi connectivity index (χ4n) is 2.98. The molecular weight excluding hydrogens is 328 g/mol. The van der Waals surface area contributed by atoms with Gasteiger partial charge in [-0.05, 0) is 18.1 Å². The van der Waals surface area contributed by atoms with E-state index in [2.05, 4.69) is 15.4 Å². The molecule has 0 fully saturated rings. The summed E-state index contributed by atoms with van der Waals surface area (Å²) in [7, 11) is 0. The lowest BCUT2D eigenvalue weighted by Crippen LogP contribution is -2.48. The van der Waals surface area contributed by atoms with E-state index in [4.69, 9.17) is 4.74 Å². The number of carbonyl (C=O) groups excluding carboxylic acids is 1. The minimum Gasteiger partial charge on any atom is -0.356 e. The predicted molar refractivity (Wildman–Crippen MR) is 98.3 cm³/mol. The minimum absolute atomic E-state index is 0.197. The Labute approximate surface area is 152 Å². The van der Waals surface area contributed by atoms with E-state index in [0.717, 1.165) is 11.1 Å². The molecule has 6 nitrogen and oxygen atoms in total. The summed E-state index contributed by atoms with van der Waals surface area (Å²) in [5.74, 6) is -0.197. The first kappa shape index (κ1) is 17.8. The monoisotopic (exact) mass is 350 g/mol. The van der Waals surface area contributed by atoms with Crippen LogP contribution in [0.1, 0.15) is 18.1 Å². The summed E-state index contributed by atoms with van der Waals surface area (Å²) in [5.41, 5.74) is 0.400. The minimum atomic E-state index is -1.19. The third-order valence-corrected chi connectivity index (χ3v) is 4.13. The normalized spacial score (nSPS) is 11.3. The lowest BCUT2D eigenvalue weighted by atomic mass is 9.85. The van der Waals surface area contributed by atoms with E-state index in [1.54, 1.807) is 11.0 Å². The topological polar surface area (TPSA) is 69.0 Å². The van der Waals surface area contributed by atoms with Gasteiger partial charge < -0.3 is 10.1 Å². The van der Waals surface area contributed by atoms with Gasteiger partial charge in [-0.25, -0.2) is 4.98 Å². The molecule has 0 unspecified atom stereocenters. The molecule has 0 saturated carbocycles. The van der Waals surface area contributed by atoms with Crippen LogP contribution >= 0.6 is 0 Å². The van der Waals surface area contributed by atoms with Crippen molar-refractivity contribution in [3.63, 3.8) is 0 Å². The Bertz CT molecular complexity index is 765. The van der Waals surface area contributed by atoms with Crippen LogP contribution in [0.3, 0.4) is 0 Å². The zero-order chi connectivity index (χ0) is 18.2. The molecule has 2 aromatic carbocycles. The van der Waals surface area contributed by atoms with Crippen LogP contribution in [0.2, 0.25) is 0 Å². The second kappa shape index (κ2) is 8.40. The molecule has 1 heterocycles. The molecule has 1 amide bonds. The SMILES string of the molecule is CCOC(C(=O)NCCn1cncn1)(c1ccccc1)c1ccccc1. The highest BCUT2D eigenvalue weighted by Crippen LogP contribution is 2.34. The van der Waals surface area contributed by atoms with E-state index in [9.17, 15) is 4.79 Å². The first-order valence-electron chi connectivity index (χ1n) is 8.63. The molecule has 1 N–H and O–H groups in total. The first-order chi connectivity index (χ1) is 12.8. The van der Waals surface area contributed by atoms with Crippen molar-refractivity contribution in [1.82, 2.24) is 20.1 Å². The third kappa shape index (κ3) is 3.65. The molecule has 0 aliphatic rings. The molecule has 0 aliphatic carbocycles. The predicted octanol–water partition coefficient (Wildman–Crippen LogP) is 2.37. The van der Waals surface area contributed by atoms with Crippen molar-refractivity contribution in [3.8, 4) is 0 Å². The van der Waals surface area contributed by atoms with Gasteiger partial charge in [-0.2, -0.15) is 5.10 Å². The van der Waals surface area contributed by atoms with Crippen LogP contribution in [0.5, 0.6) is 0 Å². The molecule has 0 spiro atoms. The highest BCUT2D eigenvalue weighted by molar-refractivity contribution is 5.90. The van der Waals surface area contributed by atoms with Crippen LogP contribution in [0.4, 0.5) is 0 Å². The van der Waals surface area contributed by atoms with Crippen LogP contribution in [-0.2, 0) is 21.7 Å². The van der Waals surface area contributed by atoms with E-state index >= 15 is 0 Å². The second-order valence-electron chi connectivity index (χ2n) is 5.76. The Morgan fingerprint density at radius 3 is 2.19 bits per heavy atom. The number of ether oxygens (including phenoxy) is 1. The van der Waals surface area contributed by atoms with Crippen LogP contribution in [-0.4, -0.2) is 33.8 Å². The number of nitrogens with one attached hydrogen (secondary N) is 1. The van der Waals surface area contributed by atoms with Crippen molar-refractivity contribution >= 4 is 5.91 Å². The summed E-state index contributed by atoms with van der Waals surface area (Å²) in [6.45, 7) is 3.26. The number of benzene rings is 2. The molecular formula is C20H22N4O2. The number of hydrogen-bond acceptors (Lipinski definition) is 4. The van der Waals surface area contributed by atoms with Gasteiger partial charge in [-0.3, -0.25) is 9.48 Å². The molecule has 6 heteroatoms. The summed E-state index contributed by atoms with van der Waals surface area (Å²) < 4.78 is 7.78. The van der Waals surface area contributed by atoms with Gasteiger partial charge in [-0.15, -0.1) is 0 Å². The largest absolute Gasteiger partial charge is 0.356 e. The number of amides is 1. The Morgan fingerprint density at radius 2 is 1.69 bits per heavy atom. The average Bonchev–Trinajstić information content (AvgIpc) is 3.21. The van der Waals surface area contributed by atoms with Crippen molar-refractivity contribution in [1.29, 1.82) is 0 Å². The highest BCUT2D eigenvalue weighted by Gasteiger charge is 2.42. The van der Waals surface area contributed by atoms with Crippen LogP contribution in [0.25, 0.3) is 0 Å². The number of rotatable bonds is 8. The van der Waals surface area contributed by atoms with Gasteiger partial charge in [0.05, 0.1) is 6.54 Å². The lowest BCUT2D eigenvalue weighted by Gasteiger charge is -2.33. The van der Waals surface area contributed by atoms with E-state index < -0.39 is 5.60 Å². The molecule has 0 aliphatic heterocycles. The Balaban J connectivity index is 1.92. The van der Waals surface area contributed by atoms with Gasteiger partial charge in [0, 0.05) is 13.2 Å². The standard InChI is InChI=1S/C20H22N4O2/c1-2-26-20(17-9-5-3-6-10-17,18-11-7-4-8-12-18)19(25)22-13-14-24-16-21-15-23-24/h3-12,15-16H,2,13-14H2,1H3,(H,22,25). The first-order valence-corrected chi connectivity index (χ1v) is 8.63. The molecule has 1 aromatic heterocycles.